The van der Waals surface area contributed by atoms with Gasteiger partial charge in [-0.25, -0.2) is 0 Å². The van der Waals surface area contributed by atoms with Gasteiger partial charge in [0.05, 0.1) is 24.6 Å². The van der Waals surface area contributed by atoms with Crippen molar-refractivity contribution in [2.75, 3.05) is 24.7 Å². The van der Waals surface area contributed by atoms with Gasteiger partial charge in [0.2, 0.25) is 0 Å². The smallest absolute Gasteiger partial charge is 0.145 e. The average Bonchev–Trinajstić information content (AvgIpc) is 2.86. The van der Waals surface area contributed by atoms with Gasteiger partial charge in [-0.05, 0) is 86.6 Å². The molecule has 0 aliphatic heterocycles. The predicted molar refractivity (Wildman–Crippen MR) is 137 cm³/mol. The molecule has 4 aromatic carbocycles. The van der Waals surface area contributed by atoms with Crippen LogP contribution >= 0.6 is 0 Å². The minimum atomic E-state index is 0.531. The fourth-order valence-corrected chi connectivity index (χ4v) is 3.28. The van der Waals surface area contributed by atoms with Crippen LogP contribution in [-0.2, 0) is 0 Å². The summed E-state index contributed by atoms with van der Waals surface area (Å²) in [5, 5.41) is 0. The molecule has 0 radical (unpaired) electrons. The molecule has 0 saturated carbocycles. The Bertz CT molecular complexity index is 1160. The summed E-state index contributed by atoms with van der Waals surface area (Å²) < 4.78 is 28.8. The van der Waals surface area contributed by atoms with Crippen LogP contribution < -0.4 is 35.2 Å². The number of benzene rings is 4. The lowest BCUT2D eigenvalue weighted by Crippen LogP contribution is -1.97. The van der Waals surface area contributed by atoms with Crippen LogP contribution in [0.1, 0.15) is 13.8 Å². The third kappa shape index (κ3) is 6.29. The first-order valence-corrected chi connectivity index (χ1v) is 11.3. The number of ether oxygens (including phenoxy) is 5. The highest BCUT2D eigenvalue weighted by Gasteiger charge is 2.07. The van der Waals surface area contributed by atoms with Gasteiger partial charge in [-0.15, -0.1) is 0 Å². The lowest BCUT2D eigenvalue weighted by molar-refractivity contribution is 0.340. The second kappa shape index (κ2) is 11.1. The molecule has 0 atom stereocenters. The quantitative estimate of drug-likeness (QED) is 0.239. The van der Waals surface area contributed by atoms with Gasteiger partial charge in [0.25, 0.3) is 0 Å². The van der Waals surface area contributed by atoms with Crippen molar-refractivity contribution in [3.05, 3.63) is 84.9 Å². The number of hydrogen-bond acceptors (Lipinski definition) is 7. The molecule has 0 bridgehead atoms. The van der Waals surface area contributed by atoms with Gasteiger partial charge in [0.15, 0.2) is 0 Å². The summed E-state index contributed by atoms with van der Waals surface area (Å²) in [6.07, 6.45) is 0. The predicted octanol–water partition coefficient (Wildman–Crippen LogP) is 7.03. The van der Waals surface area contributed by atoms with Crippen molar-refractivity contribution < 1.29 is 23.7 Å². The first-order valence-electron chi connectivity index (χ1n) is 11.3. The molecule has 0 fully saturated rings. The van der Waals surface area contributed by atoms with Crippen LogP contribution in [0, 0.1) is 0 Å². The van der Waals surface area contributed by atoms with Gasteiger partial charge in [0.1, 0.15) is 46.0 Å². The molecule has 0 unspecified atom stereocenters. The van der Waals surface area contributed by atoms with E-state index in [9.17, 15) is 0 Å². The number of nitrogen functional groups attached to an aromatic ring is 2. The van der Waals surface area contributed by atoms with Crippen LogP contribution in [0.4, 0.5) is 11.4 Å². The topological polar surface area (TPSA) is 98.2 Å². The minimum Gasteiger partial charge on any atom is -0.492 e. The summed E-state index contributed by atoms with van der Waals surface area (Å²) in [5.41, 5.74) is 13.0. The molecule has 0 amide bonds. The molecule has 4 aromatic rings. The fourth-order valence-electron chi connectivity index (χ4n) is 3.28. The highest BCUT2D eigenvalue weighted by atomic mass is 16.5. The lowest BCUT2D eigenvalue weighted by atomic mass is 10.2. The molecule has 4 N–H and O–H groups in total. The molecule has 4 rings (SSSR count). The van der Waals surface area contributed by atoms with Gasteiger partial charge in [0, 0.05) is 12.1 Å². The van der Waals surface area contributed by atoms with Gasteiger partial charge in [-0.2, -0.15) is 0 Å². The Hall–Kier alpha value is -4.52. The Morgan fingerprint density at radius 2 is 0.743 bits per heavy atom. The van der Waals surface area contributed by atoms with Crippen LogP contribution in [0.5, 0.6) is 46.0 Å². The largest absolute Gasteiger partial charge is 0.492 e. The van der Waals surface area contributed by atoms with Crippen LogP contribution in [-0.4, -0.2) is 13.2 Å². The molecular weight excluding hydrogens is 444 g/mol. The first kappa shape index (κ1) is 23.6. The molecule has 180 valence electrons. The maximum absolute atomic E-state index is 5.94. The van der Waals surface area contributed by atoms with Crippen molar-refractivity contribution in [3.8, 4) is 46.0 Å². The van der Waals surface area contributed by atoms with Crippen molar-refractivity contribution in [2.45, 2.75) is 13.8 Å². The highest BCUT2D eigenvalue weighted by molar-refractivity contribution is 5.57. The van der Waals surface area contributed by atoms with Crippen molar-refractivity contribution in [2.24, 2.45) is 0 Å². The third-order valence-corrected chi connectivity index (χ3v) is 4.92. The van der Waals surface area contributed by atoms with E-state index in [2.05, 4.69) is 0 Å². The molecule has 7 heteroatoms. The third-order valence-electron chi connectivity index (χ3n) is 4.92. The van der Waals surface area contributed by atoms with Gasteiger partial charge in [-0.1, -0.05) is 0 Å². The number of hydrogen-bond donors (Lipinski definition) is 2. The Morgan fingerprint density at radius 1 is 0.457 bits per heavy atom. The average molecular weight is 473 g/mol. The molecular formula is C28H28N2O5. The van der Waals surface area contributed by atoms with Crippen LogP contribution in [0.2, 0.25) is 0 Å². The zero-order valence-corrected chi connectivity index (χ0v) is 19.7. The SMILES string of the molecule is CCOc1cc(Oc2ccc(Oc3ccc(Oc4ccc(N)c(OCC)c4)cc3)cc2)ccc1N. The van der Waals surface area contributed by atoms with E-state index in [1.54, 1.807) is 36.4 Å². The molecule has 0 aromatic heterocycles. The summed E-state index contributed by atoms with van der Waals surface area (Å²) >= 11 is 0. The summed E-state index contributed by atoms with van der Waals surface area (Å²) in [6, 6.07) is 25.4. The molecule has 0 aliphatic carbocycles. The van der Waals surface area contributed by atoms with Crippen LogP contribution in [0.15, 0.2) is 84.9 Å². The zero-order valence-electron chi connectivity index (χ0n) is 19.7. The second-order valence-electron chi connectivity index (χ2n) is 7.51. The minimum absolute atomic E-state index is 0.531. The van der Waals surface area contributed by atoms with Crippen LogP contribution in [0.25, 0.3) is 0 Å². The van der Waals surface area contributed by atoms with Crippen molar-refractivity contribution >= 4 is 11.4 Å². The van der Waals surface area contributed by atoms with Crippen LogP contribution in [0.3, 0.4) is 0 Å². The fraction of sp³-hybridized carbons (Fsp3) is 0.143. The second-order valence-corrected chi connectivity index (χ2v) is 7.51. The number of nitrogens with two attached hydrogens (primary N) is 2. The number of anilines is 2. The van der Waals surface area contributed by atoms with E-state index in [1.165, 1.54) is 0 Å². The zero-order chi connectivity index (χ0) is 24.6. The summed E-state index contributed by atoms with van der Waals surface area (Å²) in [5.74, 6) is 5.18. The molecule has 35 heavy (non-hydrogen) atoms. The van der Waals surface area contributed by atoms with E-state index in [4.69, 9.17) is 35.2 Å². The van der Waals surface area contributed by atoms with Crippen molar-refractivity contribution in [1.29, 1.82) is 0 Å². The summed E-state index contributed by atoms with van der Waals surface area (Å²) in [4.78, 5) is 0. The number of rotatable bonds is 10. The molecule has 0 aliphatic rings. The van der Waals surface area contributed by atoms with E-state index >= 15 is 0 Å². The van der Waals surface area contributed by atoms with Crippen molar-refractivity contribution in [3.63, 3.8) is 0 Å². The molecule has 0 spiro atoms. The Kier molecular flexibility index (Phi) is 7.47. The lowest BCUT2D eigenvalue weighted by Gasteiger charge is -2.12. The maximum Gasteiger partial charge on any atom is 0.145 e. The van der Waals surface area contributed by atoms with E-state index in [0.29, 0.717) is 70.6 Å². The van der Waals surface area contributed by atoms with Gasteiger partial charge < -0.3 is 35.2 Å². The Balaban J connectivity index is 1.36. The van der Waals surface area contributed by atoms with E-state index in [1.807, 2.05) is 62.4 Å². The van der Waals surface area contributed by atoms with Gasteiger partial charge in [-0.3, -0.25) is 0 Å². The van der Waals surface area contributed by atoms with E-state index in [-0.39, 0.29) is 0 Å². The Morgan fingerprint density at radius 3 is 1.06 bits per heavy atom. The summed E-state index contributed by atoms with van der Waals surface area (Å²) in [7, 11) is 0. The molecule has 0 heterocycles. The molecule has 0 saturated heterocycles. The Labute approximate surface area is 204 Å². The standard InChI is InChI=1S/C28H28N2O5/c1-3-31-27-17-23(13-15-25(27)29)34-21-9-5-19(6-10-21)33-20-7-11-22(12-8-20)35-24-14-16-26(30)28(18-24)32-4-2/h5-18H,3-4,29-30H2,1-2H3. The normalized spacial score (nSPS) is 10.5. The van der Waals surface area contributed by atoms with E-state index in [0.717, 1.165) is 0 Å². The molecule has 7 nitrogen and oxygen atoms in total. The van der Waals surface area contributed by atoms with E-state index < -0.39 is 0 Å². The van der Waals surface area contributed by atoms with Crippen molar-refractivity contribution in [1.82, 2.24) is 0 Å². The highest BCUT2D eigenvalue weighted by Crippen LogP contribution is 2.33. The monoisotopic (exact) mass is 472 g/mol. The first-order chi connectivity index (χ1) is 17.0. The maximum atomic E-state index is 5.94. The summed E-state index contributed by atoms with van der Waals surface area (Å²) in [6.45, 7) is 4.88. The van der Waals surface area contributed by atoms with Gasteiger partial charge >= 0.3 is 0 Å².